The molecule has 6 nitrogen and oxygen atoms in total. The zero-order chi connectivity index (χ0) is 21.9. The summed E-state index contributed by atoms with van der Waals surface area (Å²) >= 11 is 0. The molecule has 0 aliphatic rings. The van der Waals surface area contributed by atoms with Crippen LogP contribution < -0.4 is 5.56 Å². The van der Waals surface area contributed by atoms with E-state index < -0.39 is 23.2 Å². The molecule has 2 heterocycles. The Kier molecular flexibility index (Phi) is 5.69. The average Bonchev–Trinajstić information content (AvgIpc) is 2.72. The van der Waals surface area contributed by atoms with Gasteiger partial charge < -0.3 is 5.11 Å². The molecule has 3 rings (SSSR count). The van der Waals surface area contributed by atoms with E-state index in [-0.39, 0.29) is 28.9 Å². The number of para-hydroxylation sites is 1. The molecule has 0 radical (unpaired) electrons. The molecule has 0 fully saturated rings. The van der Waals surface area contributed by atoms with Crippen molar-refractivity contribution in [2.45, 2.75) is 19.6 Å². The summed E-state index contributed by atoms with van der Waals surface area (Å²) in [6.45, 7) is 1.35. The van der Waals surface area contributed by atoms with Gasteiger partial charge in [0.15, 0.2) is 0 Å². The first kappa shape index (κ1) is 20.8. The van der Waals surface area contributed by atoms with Crippen molar-refractivity contribution in [3.63, 3.8) is 0 Å². The summed E-state index contributed by atoms with van der Waals surface area (Å²) in [5.74, 6) is -0.506. The van der Waals surface area contributed by atoms with E-state index in [1.165, 1.54) is 37.5 Å². The van der Waals surface area contributed by atoms with Crippen molar-refractivity contribution in [1.82, 2.24) is 9.55 Å². The summed E-state index contributed by atoms with van der Waals surface area (Å²) < 4.78 is 40.5. The Morgan fingerprint density at radius 1 is 1.27 bits per heavy atom. The van der Waals surface area contributed by atoms with Gasteiger partial charge in [-0.3, -0.25) is 19.3 Å². The second-order valence-electron chi connectivity index (χ2n) is 6.37. The largest absolute Gasteiger partial charge is 0.494 e. The molecule has 3 aromatic rings. The molecule has 9 heteroatoms. The average molecular weight is 412 g/mol. The van der Waals surface area contributed by atoms with Gasteiger partial charge in [0.2, 0.25) is 5.88 Å². The number of aliphatic imine (C=N–C) groups is 1. The highest BCUT2D eigenvalue weighted by Gasteiger charge is 2.33. The molecule has 0 spiro atoms. The molecule has 0 atom stereocenters. The van der Waals surface area contributed by atoms with Gasteiger partial charge in [-0.05, 0) is 36.2 Å². The molecule has 152 valence electrons. The van der Waals surface area contributed by atoms with E-state index >= 15 is 0 Å². The number of pyridine rings is 2. The van der Waals surface area contributed by atoms with Gasteiger partial charge in [-0.25, -0.2) is 0 Å². The number of nitriles is 1. The van der Waals surface area contributed by atoms with Crippen molar-refractivity contribution >= 4 is 11.9 Å². The van der Waals surface area contributed by atoms with Gasteiger partial charge in [0.1, 0.15) is 11.6 Å². The molecule has 0 saturated carbocycles. The summed E-state index contributed by atoms with van der Waals surface area (Å²) in [6, 6.07) is 9.83. The van der Waals surface area contributed by atoms with Crippen LogP contribution in [0, 0.1) is 18.3 Å². The number of hydrogen-bond donors (Lipinski definition) is 1. The Morgan fingerprint density at radius 3 is 2.63 bits per heavy atom. The van der Waals surface area contributed by atoms with Crippen molar-refractivity contribution in [3.8, 4) is 11.9 Å². The van der Waals surface area contributed by atoms with Crippen LogP contribution in [0.25, 0.3) is 0 Å². The molecule has 30 heavy (non-hydrogen) atoms. The maximum atomic E-state index is 13.2. The number of benzene rings is 1. The number of aromatic nitrogens is 2. The van der Waals surface area contributed by atoms with Crippen LogP contribution in [0.1, 0.15) is 27.8 Å². The Bertz CT molecular complexity index is 1210. The van der Waals surface area contributed by atoms with Crippen molar-refractivity contribution in [2.75, 3.05) is 0 Å². The summed E-state index contributed by atoms with van der Waals surface area (Å²) in [7, 11) is 0. The highest BCUT2D eigenvalue weighted by atomic mass is 19.4. The summed E-state index contributed by atoms with van der Waals surface area (Å²) in [5, 5.41) is 20.0. The number of rotatable bonds is 4. The van der Waals surface area contributed by atoms with Crippen molar-refractivity contribution in [1.29, 1.82) is 5.26 Å². The third kappa shape index (κ3) is 4.07. The lowest BCUT2D eigenvalue weighted by molar-refractivity contribution is -0.137. The first-order valence-electron chi connectivity index (χ1n) is 8.69. The van der Waals surface area contributed by atoms with Crippen LogP contribution >= 0.6 is 0 Å². The van der Waals surface area contributed by atoms with E-state index in [0.29, 0.717) is 5.56 Å². The predicted octanol–water partition coefficient (Wildman–Crippen LogP) is 3.95. The van der Waals surface area contributed by atoms with Gasteiger partial charge in [0.05, 0.1) is 23.4 Å². The monoisotopic (exact) mass is 412 g/mol. The highest BCUT2D eigenvalue weighted by molar-refractivity contribution is 5.87. The summed E-state index contributed by atoms with van der Waals surface area (Å²) in [6.07, 6.45) is -0.555. The Morgan fingerprint density at radius 2 is 2.00 bits per heavy atom. The fraction of sp³-hybridized carbons (Fsp3) is 0.143. The van der Waals surface area contributed by atoms with Gasteiger partial charge in [0.25, 0.3) is 5.56 Å². The lowest BCUT2D eigenvalue weighted by atomic mass is 10.1. The molecule has 0 bridgehead atoms. The maximum absolute atomic E-state index is 13.2. The van der Waals surface area contributed by atoms with E-state index in [4.69, 9.17) is 0 Å². The lowest BCUT2D eigenvalue weighted by Gasteiger charge is -2.14. The SMILES string of the molecule is Cc1c(C=Nc2ccccc2C(F)(F)F)c(O)n(Cc2cccnc2)c(=O)c1C#N. The number of halogens is 3. The van der Waals surface area contributed by atoms with E-state index in [2.05, 4.69) is 9.98 Å². The quantitative estimate of drug-likeness (QED) is 0.657. The maximum Gasteiger partial charge on any atom is 0.418 e. The van der Waals surface area contributed by atoms with Gasteiger partial charge >= 0.3 is 6.18 Å². The molecule has 0 saturated heterocycles. The Balaban J connectivity index is 2.15. The van der Waals surface area contributed by atoms with Gasteiger partial charge in [-0.2, -0.15) is 18.4 Å². The first-order chi connectivity index (χ1) is 14.2. The number of nitrogens with zero attached hydrogens (tertiary/aromatic N) is 4. The Labute approximate surface area is 169 Å². The minimum absolute atomic E-state index is 0.0213. The fourth-order valence-corrected chi connectivity index (χ4v) is 2.91. The molecule has 0 unspecified atom stereocenters. The van der Waals surface area contributed by atoms with Gasteiger partial charge in [-0.15, -0.1) is 0 Å². The number of hydrogen-bond acceptors (Lipinski definition) is 5. The molecule has 1 aromatic carbocycles. The lowest BCUT2D eigenvalue weighted by Crippen LogP contribution is -2.26. The normalized spacial score (nSPS) is 11.6. The second kappa shape index (κ2) is 8.21. The van der Waals surface area contributed by atoms with Crippen molar-refractivity contribution in [3.05, 3.63) is 87.0 Å². The third-order valence-electron chi connectivity index (χ3n) is 4.45. The van der Waals surface area contributed by atoms with Crippen LogP contribution in [0.5, 0.6) is 5.88 Å². The standard InChI is InChI=1S/C21H15F3N4O2/c1-13-15(9-25)19(29)28(12-14-5-4-8-26-10-14)20(30)16(13)11-27-18-7-3-2-6-17(18)21(22,23)24/h2-8,10-11,30H,12H2,1H3. The Hall–Kier alpha value is -3.93. The van der Waals surface area contributed by atoms with Crippen LogP contribution in [0.4, 0.5) is 18.9 Å². The second-order valence-corrected chi connectivity index (χ2v) is 6.37. The summed E-state index contributed by atoms with van der Waals surface area (Å²) in [5.41, 5.74) is -1.56. The van der Waals surface area contributed by atoms with Crippen LogP contribution in [-0.4, -0.2) is 20.9 Å². The van der Waals surface area contributed by atoms with Crippen molar-refractivity contribution < 1.29 is 18.3 Å². The van der Waals surface area contributed by atoms with E-state index in [9.17, 15) is 28.3 Å². The molecule has 2 aromatic heterocycles. The van der Waals surface area contributed by atoms with E-state index in [1.807, 2.05) is 0 Å². The highest BCUT2D eigenvalue weighted by Crippen LogP contribution is 2.36. The van der Waals surface area contributed by atoms with Gasteiger partial charge in [-0.1, -0.05) is 18.2 Å². The third-order valence-corrected chi connectivity index (χ3v) is 4.45. The van der Waals surface area contributed by atoms with Gasteiger partial charge in [0, 0.05) is 18.6 Å². The molecule has 1 N–H and O–H groups in total. The molecular weight excluding hydrogens is 397 g/mol. The van der Waals surface area contributed by atoms with Crippen LogP contribution in [-0.2, 0) is 12.7 Å². The van der Waals surface area contributed by atoms with Crippen LogP contribution in [0.3, 0.4) is 0 Å². The molecule has 0 amide bonds. The molecular formula is C21H15F3N4O2. The van der Waals surface area contributed by atoms with Crippen molar-refractivity contribution in [2.24, 2.45) is 4.99 Å². The first-order valence-corrected chi connectivity index (χ1v) is 8.69. The van der Waals surface area contributed by atoms with Crippen LogP contribution in [0.15, 0.2) is 58.6 Å². The summed E-state index contributed by atoms with van der Waals surface area (Å²) in [4.78, 5) is 20.4. The molecule has 0 aliphatic carbocycles. The smallest absolute Gasteiger partial charge is 0.418 e. The van der Waals surface area contributed by atoms with Crippen LogP contribution in [0.2, 0.25) is 0 Å². The minimum Gasteiger partial charge on any atom is -0.494 e. The zero-order valence-electron chi connectivity index (χ0n) is 15.7. The predicted molar refractivity (Wildman–Crippen MR) is 104 cm³/mol. The fourth-order valence-electron chi connectivity index (χ4n) is 2.91. The number of aromatic hydroxyl groups is 1. The molecule has 0 aliphatic heterocycles. The minimum atomic E-state index is -4.61. The van der Waals surface area contributed by atoms with E-state index in [1.54, 1.807) is 18.2 Å². The number of alkyl halides is 3. The zero-order valence-corrected chi connectivity index (χ0v) is 15.7. The van der Waals surface area contributed by atoms with E-state index in [0.717, 1.165) is 16.8 Å². The topological polar surface area (TPSA) is 91.3 Å².